The highest BCUT2D eigenvalue weighted by atomic mass is 16.5. The number of nitrogens with zero attached hydrogens (tertiary/aromatic N) is 2. The molecule has 1 aromatic heterocycles. The van der Waals surface area contributed by atoms with Crippen molar-refractivity contribution in [3.8, 4) is 0 Å². The number of aromatic nitrogens is 1. The van der Waals surface area contributed by atoms with Crippen molar-refractivity contribution in [2.75, 3.05) is 11.4 Å². The Balaban J connectivity index is 2.32. The molecule has 0 aliphatic carbocycles. The molecule has 4 heteroatoms. The quantitative estimate of drug-likeness (QED) is 0.814. The van der Waals surface area contributed by atoms with Gasteiger partial charge in [0.2, 0.25) is 0 Å². The van der Waals surface area contributed by atoms with Crippen molar-refractivity contribution in [3.05, 3.63) is 47.9 Å². The second kappa shape index (κ2) is 4.82. The fourth-order valence-corrected chi connectivity index (χ4v) is 1.67. The molecule has 1 amide bonds. The number of rotatable bonds is 3. The van der Waals surface area contributed by atoms with Crippen molar-refractivity contribution in [1.82, 2.24) is 5.16 Å². The van der Waals surface area contributed by atoms with Gasteiger partial charge in [-0.3, -0.25) is 4.79 Å². The second-order valence-corrected chi connectivity index (χ2v) is 3.73. The predicted octanol–water partition coefficient (Wildman–Crippen LogP) is 2.65. The minimum absolute atomic E-state index is 0.134. The van der Waals surface area contributed by atoms with Crippen molar-refractivity contribution >= 4 is 11.6 Å². The molecule has 0 N–H and O–H groups in total. The van der Waals surface area contributed by atoms with Crippen LogP contribution < -0.4 is 4.90 Å². The molecule has 4 nitrogen and oxygen atoms in total. The molecule has 0 bridgehead atoms. The first-order chi connectivity index (χ1) is 8.24. The average Bonchev–Trinajstić information content (AvgIpc) is 2.77. The molecule has 2 aromatic rings. The largest absolute Gasteiger partial charge is 0.364 e. The van der Waals surface area contributed by atoms with Crippen LogP contribution in [-0.4, -0.2) is 17.6 Å². The first-order valence-corrected chi connectivity index (χ1v) is 5.52. The molecule has 0 saturated carbocycles. The number of aryl methyl sites for hydroxylation is 1. The minimum Gasteiger partial charge on any atom is -0.364 e. The zero-order chi connectivity index (χ0) is 12.3. The Hall–Kier alpha value is -2.10. The fourth-order valence-electron chi connectivity index (χ4n) is 1.67. The number of anilines is 1. The van der Waals surface area contributed by atoms with Gasteiger partial charge in [0.1, 0.15) is 6.26 Å². The summed E-state index contributed by atoms with van der Waals surface area (Å²) in [7, 11) is 0. The molecule has 0 saturated heterocycles. The van der Waals surface area contributed by atoms with Gasteiger partial charge in [-0.05, 0) is 26.0 Å². The Kier molecular flexibility index (Phi) is 3.23. The number of carbonyl (C=O) groups excluding carboxylic acids is 1. The van der Waals surface area contributed by atoms with E-state index in [9.17, 15) is 4.79 Å². The summed E-state index contributed by atoms with van der Waals surface area (Å²) in [6.07, 6.45) is 1.48. The summed E-state index contributed by atoms with van der Waals surface area (Å²) >= 11 is 0. The van der Waals surface area contributed by atoms with E-state index in [-0.39, 0.29) is 5.91 Å². The van der Waals surface area contributed by atoms with E-state index < -0.39 is 0 Å². The average molecular weight is 230 g/mol. The Morgan fingerprint density at radius 2 is 2.06 bits per heavy atom. The van der Waals surface area contributed by atoms with Crippen molar-refractivity contribution in [1.29, 1.82) is 0 Å². The maximum Gasteiger partial charge on any atom is 0.280 e. The summed E-state index contributed by atoms with van der Waals surface area (Å²) in [6, 6.07) is 9.53. The Morgan fingerprint density at radius 3 is 2.59 bits per heavy atom. The van der Waals surface area contributed by atoms with Crippen LogP contribution in [0.25, 0.3) is 0 Å². The topological polar surface area (TPSA) is 46.3 Å². The van der Waals surface area contributed by atoms with E-state index in [1.165, 1.54) is 6.26 Å². The van der Waals surface area contributed by atoms with Gasteiger partial charge >= 0.3 is 0 Å². The standard InChI is InChI=1S/C13H14N2O2/c1-3-15(11-7-5-4-6-8-11)13(16)12-10(2)9-17-14-12/h4-9H,3H2,1-2H3. The maximum absolute atomic E-state index is 12.3. The molecule has 0 fully saturated rings. The van der Waals surface area contributed by atoms with Crippen molar-refractivity contribution < 1.29 is 9.32 Å². The number of para-hydroxylation sites is 1. The lowest BCUT2D eigenvalue weighted by Crippen LogP contribution is -2.31. The monoisotopic (exact) mass is 230 g/mol. The Morgan fingerprint density at radius 1 is 1.35 bits per heavy atom. The van der Waals surface area contributed by atoms with Gasteiger partial charge in [0.05, 0.1) is 0 Å². The van der Waals surface area contributed by atoms with Crippen molar-refractivity contribution in [2.45, 2.75) is 13.8 Å². The van der Waals surface area contributed by atoms with E-state index in [0.29, 0.717) is 12.2 Å². The molecule has 0 unspecified atom stereocenters. The van der Waals surface area contributed by atoms with Gasteiger partial charge in [-0.2, -0.15) is 0 Å². The van der Waals surface area contributed by atoms with Gasteiger partial charge in [-0.25, -0.2) is 0 Å². The number of hydrogen-bond acceptors (Lipinski definition) is 3. The molecule has 0 spiro atoms. The third kappa shape index (κ3) is 2.20. The van der Waals surface area contributed by atoms with E-state index in [0.717, 1.165) is 11.3 Å². The summed E-state index contributed by atoms with van der Waals surface area (Å²) in [4.78, 5) is 13.9. The van der Waals surface area contributed by atoms with Crippen LogP contribution in [0.3, 0.4) is 0 Å². The number of hydrogen-bond donors (Lipinski definition) is 0. The van der Waals surface area contributed by atoms with Crippen LogP contribution >= 0.6 is 0 Å². The van der Waals surface area contributed by atoms with E-state index in [1.54, 1.807) is 4.90 Å². The number of benzene rings is 1. The highest BCUT2D eigenvalue weighted by molar-refractivity contribution is 6.05. The first-order valence-electron chi connectivity index (χ1n) is 5.52. The van der Waals surface area contributed by atoms with E-state index >= 15 is 0 Å². The Labute approximate surface area is 99.8 Å². The van der Waals surface area contributed by atoms with Crippen molar-refractivity contribution in [2.24, 2.45) is 0 Å². The number of carbonyl (C=O) groups is 1. The molecule has 1 aromatic carbocycles. The molecular formula is C13H14N2O2. The molecule has 0 atom stereocenters. The third-order valence-corrected chi connectivity index (χ3v) is 2.58. The molecule has 17 heavy (non-hydrogen) atoms. The molecule has 1 heterocycles. The van der Waals surface area contributed by atoms with Crippen LogP contribution in [0.4, 0.5) is 5.69 Å². The SMILES string of the molecule is CCN(C(=O)c1nocc1C)c1ccccc1. The lowest BCUT2D eigenvalue weighted by atomic mass is 10.2. The summed E-state index contributed by atoms with van der Waals surface area (Å²) in [5.74, 6) is -0.134. The summed E-state index contributed by atoms with van der Waals surface area (Å²) in [5, 5.41) is 3.74. The van der Waals surface area contributed by atoms with Gasteiger partial charge < -0.3 is 9.42 Å². The highest BCUT2D eigenvalue weighted by Gasteiger charge is 2.20. The third-order valence-electron chi connectivity index (χ3n) is 2.58. The minimum atomic E-state index is -0.134. The van der Waals surface area contributed by atoms with Crippen LogP contribution in [0.1, 0.15) is 23.0 Å². The molecule has 2 rings (SSSR count). The molecule has 0 radical (unpaired) electrons. The molecule has 0 aliphatic heterocycles. The van der Waals surface area contributed by atoms with Crippen LogP contribution in [0.15, 0.2) is 41.1 Å². The summed E-state index contributed by atoms with van der Waals surface area (Å²) < 4.78 is 4.80. The van der Waals surface area contributed by atoms with Crippen LogP contribution in [-0.2, 0) is 0 Å². The van der Waals surface area contributed by atoms with Gasteiger partial charge in [0.15, 0.2) is 5.69 Å². The fraction of sp³-hybridized carbons (Fsp3) is 0.231. The van der Waals surface area contributed by atoms with Gasteiger partial charge in [0.25, 0.3) is 5.91 Å². The lowest BCUT2D eigenvalue weighted by molar-refractivity contribution is 0.0979. The Bertz CT molecular complexity index is 505. The van der Waals surface area contributed by atoms with Gasteiger partial charge in [-0.15, -0.1) is 0 Å². The van der Waals surface area contributed by atoms with Crippen molar-refractivity contribution in [3.63, 3.8) is 0 Å². The summed E-state index contributed by atoms with van der Waals surface area (Å²) in [5.41, 5.74) is 1.99. The second-order valence-electron chi connectivity index (χ2n) is 3.73. The maximum atomic E-state index is 12.3. The van der Waals surface area contributed by atoms with Gasteiger partial charge in [-0.1, -0.05) is 23.4 Å². The lowest BCUT2D eigenvalue weighted by Gasteiger charge is -2.19. The zero-order valence-corrected chi connectivity index (χ0v) is 9.88. The van der Waals surface area contributed by atoms with Crippen LogP contribution in [0, 0.1) is 6.92 Å². The first kappa shape index (κ1) is 11.4. The zero-order valence-electron chi connectivity index (χ0n) is 9.88. The summed E-state index contributed by atoms with van der Waals surface area (Å²) in [6.45, 7) is 4.33. The van der Waals surface area contributed by atoms with E-state index in [1.807, 2.05) is 44.2 Å². The smallest absolute Gasteiger partial charge is 0.280 e. The predicted molar refractivity (Wildman–Crippen MR) is 65.0 cm³/mol. The molecule has 88 valence electrons. The van der Waals surface area contributed by atoms with Crippen LogP contribution in [0.2, 0.25) is 0 Å². The van der Waals surface area contributed by atoms with Gasteiger partial charge in [0, 0.05) is 17.8 Å². The molecule has 0 aliphatic rings. The van der Waals surface area contributed by atoms with Crippen LogP contribution in [0.5, 0.6) is 0 Å². The normalized spacial score (nSPS) is 10.2. The highest BCUT2D eigenvalue weighted by Crippen LogP contribution is 2.17. The number of amides is 1. The van der Waals surface area contributed by atoms with E-state index in [4.69, 9.17) is 4.52 Å². The molecular weight excluding hydrogens is 216 g/mol. The van der Waals surface area contributed by atoms with E-state index in [2.05, 4.69) is 5.16 Å².